The highest BCUT2D eigenvalue weighted by Gasteiger charge is 2.42. The molecule has 3 amide bonds. The monoisotopic (exact) mass is 452 g/mol. The van der Waals surface area contributed by atoms with Crippen molar-refractivity contribution < 1.29 is 33.3 Å². The molecule has 0 aromatic heterocycles. The third kappa shape index (κ3) is 8.28. The van der Waals surface area contributed by atoms with Crippen LogP contribution in [0, 0.1) is 6.92 Å². The standard InChI is InChI=1S/C23H36N2O7/c1-15-12-13-16(17(14-15)29-11)24(18(26)30-21(2,3)4)25(19(27)31-22(5,6)7)20(28)32-23(8,9)10/h12-14H,1-11H3. The van der Waals surface area contributed by atoms with Crippen LogP contribution >= 0.6 is 0 Å². The third-order valence-corrected chi connectivity index (χ3v) is 3.46. The van der Waals surface area contributed by atoms with Crippen LogP contribution in [0.3, 0.4) is 0 Å². The van der Waals surface area contributed by atoms with E-state index >= 15 is 0 Å². The Bertz CT molecular complexity index is 817. The molecule has 1 aromatic carbocycles. The molecule has 0 radical (unpaired) electrons. The van der Waals surface area contributed by atoms with E-state index in [1.165, 1.54) is 7.11 Å². The fourth-order valence-corrected chi connectivity index (χ4v) is 2.40. The van der Waals surface area contributed by atoms with Crippen LogP contribution in [0.2, 0.25) is 0 Å². The van der Waals surface area contributed by atoms with Crippen LogP contribution < -0.4 is 9.75 Å². The number of carbonyl (C=O) groups is 3. The zero-order valence-electron chi connectivity index (χ0n) is 21.0. The number of methoxy groups -OCH3 is 1. The Morgan fingerprint density at radius 3 is 1.50 bits per heavy atom. The molecule has 0 N–H and O–H groups in total. The molecule has 0 saturated heterocycles. The van der Waals surface area contributed by atoms with Crippen molar-refractivity contribution in [3.8, 4) is 5.75 Å². The number of hydrogen-bond donors (Lipinski definition) is 0. The average Bonchev–Trinajstić information content (AvgIpc) is 2.54. The number of anilines is 1. The summed E-state index contributed by atoms with van der Waals surface area (Å²) in [5, 5.41) is 1.25. The van der Waals surface area contributed by atoms with Crippen LogP contribution in [-0.4, -0.2) is 47.2 Å². The summed E-state index contributed by atoms with van der Waals surface area (Å²) in [5.74, 6) is 0.243. The van der Waals surface area contributed by atoms with Crippen LogP contribution in [0.25, 0.3) is 0 Å². The summed E-state index contributed by atoms with van der Waals surface area (Å²) < 4.78 is 21.7. The number of ether oxygens (including phenoxy) is 4. The number of nitrogens with zero attached hydrogens (tertiary/aromatic N) is 2. The van der Waals surface area contributed by atoms with Gasteiger partial charge in [0.05, 0.1) is 7.11 Å². The van der Waals surface area contributed by atoms with Crippen LogP contribution in [0.4, 0.5) is 20.1 Å². The number of rotatable bonds is 2. The first-order valence-electron chi connectivity index (χ1n) is 10.3. The molecule has 0 aliphatic carbocycles. The van der Waals surface area contributed by atoms with Crippen molar-refractivity contribution in [3.05, 3.63) is 23.8 Å². The highest BCUT2D eigenvalue weighted by Crippen LogP contribution is 2.33. The summed E-state index contributed by atoms with van der Waals surface area (Å²) in [4.78, 5) is 39.6. The summed E-state index contributed by atoms with van der Waals surface area (Å²) in [5.41, 5.74) is -1.87. The minimum atomic E-state index is -1.11. The Kier molecular flexibility index (Phi) is 8.17. The van der Waals surface area contributed by atoms with E-state index in [-0.39, 0.29) is 11.4 Å². The first-order chi connectivity index (χ1) is 14.3. The van der Waals surface area contributed by atoms with Crippen LogP contribution in [0.5, 0.6) is 5.75 Å². The van der Waals surface area contributed by atoms with E-state index in [2.05, 4.69) is 0 Å². The first-order valence-corrected chi connectivity index (χ1v) is 10.3. The molecule has 0 heterocycles. The zero-order valence-corrected chi connectivity index (χ0v) is 21.0. The van der Waals surface area contributed by atoms with Gasteiger partial charge in [-0.3, -0.25) is 0 Å². The van der Waals surface area contributed by atoms with Crippen LogP contribution in [0.15, 0.2) is 18.2 Å². The van der Waals surface area contributed by atoms with Gasteiger partial charge in [0.1, 0.15) is 28.2 Å². The van der Waals surface area contributed by atoms with E-state index in [1.807, 2.05) is 6.92 Å². The number of amides is 3. The van der Waals surface area contributed by atoms with E-state index < -0.39 is 35.1 Å². The quantitative estimate of drug-likeness (QED) is 0.411. The average molecular weight is 453 g/mol. The Morgan fingerprint density at radius 2 is 1.12 bits per heavy atom. The summed E-state index contributed by atoms with van der Waals surface area (Å²) in [6.45, 7) is 16.7. The molecule has 0 bridgehead atoms. The van der Waals surface area contributed by atoms with Crippen molar-refractivity contribution in [3.63, 3.8) is 0 Å². The molecule has 0 atom stereocenters. The Balaban J connectivity index is 3.73. The van der Waals surface area contributed by atoms with Gasteiger partial charge in [-0.2, -0.15) is 5.01 Å². The minimum absolute atomic E-state index is 0.101. The largest absolute Gasteiger partial charge is 0.494 e. The molecule has 0 unspecified atom stereocenters. The highest BCUT2D eigenvalue weighted by molar-refractivity contribution is 6.00. The van der Waals surface area contributed by atoms with Crippen LogP contribution in [0.1, 0.15) is 67.9 Å². The van der Waals surface area contributed by atoms with E-state index in [0.29, 0.717) is 5.01 Å². The molecule has 0 aliphatic rings. The number of hydrogen-bond acceptors (Lipinski definition) is 7. The van der Waals surface area contributed by atoms with Crippen molar-refractivity contribution in [1.82, 2.24) is 5.01 Å². The lowest BCUT2D eigenvalue weighted by atomic mass is 10.2. The number of benzene rings is 1. The van der Waals surface area contributed by atoms with Crippen LogP contribution in [-0.2, 0) is 14.2 Å². The SMILES string of the molecule is COc1cc(C)ccc1N(C(=O)OC(C)(C)C)N(C(=O)OC(C)(C)C)C(=O)OC(C)(C)C. The van der Waals surface area contributed by atoms with Crippen molar-refractivity contribution in [2.75, 3.05) is 12.1 Å². The molecule has 0 spiro atoms. The van der Waals surface area contributed by atoms with Gasteiger partial charge in [0.15, 0.2) is 0 Å². The van der Waals surface area contributed by atoms with Gasteiger partial charge < -0.3 is 18.9 Å². The fourth-order valence-electron chi connectivity index (χ4n) is 2.40. The predicted octanol–water partition coefficient (Wildman–Crippen LogP) is 5.83. The summed E-state index contributed by atoms with van der Waals surface area (Å²) in [6, 6.07) is 4.91. The molecule has 0 fully saturated rings. The Hall–Kier alpha value is -2.97. The summed E-state index contributed by atoms with van der Waals surface area (Å²) >= 11 is 0. The maximum atomic E-state index is 13.3. The maximum absolute atomic E-state index is 13.3. The third-order valence-electron chi connectivity index (χ3n) is 3.46. The van der Waals surface area contributed by atoms with Gasteiger partial charge >= 0.3 is 18.3 Å². The van der Waals surface area contributed by atoms with Gasteiger partial charge in [-0.05, 0) is 86.9 Å². The second kappa shape index (κ2) is 9.67. The molecule has 180 valence electrons. The maximum Gasteiger partial charge on any atom is 0.440 e. The van der Waals surface area contributed by atoms with Crippen molar-refractivity contribution in [1.29, 1.82) is 0 Å². The molecular formula is C23H36N2O7. The van der Waals surface area contributed by atoms with E-state index in [0.717, 1.165) is 10.6 Å². The van der Waals surface area contributed by atoms with E-state index in [9.17, 15) is 14.4 Å². The first kappa shape index (κ1) is 27.1. The second-order valence-electron chi connectivity index (χ2n) is 10.2. The number of hydrazine groups is 1. The summed E-state index contributed by atoms with van der Waals surface area (Å²) in [7, 11) is 1.41. The highest BCUT2D eigenvalue weighted by atomic mass is 16.6. The Morgan fingerprint density at radius 1 is 0.719 bits per heavy atom. The molecule has 1 rings (SSSR count). The predicted molar refractivity (Wildman–Crippen MR) is 121 cm³/mol. The molecule has 9 nitrogen and oxygen atoms in total. The second-order valence-corrected chi connectivity index (χ2v) is 10.2. The molecule has 32 heavy (non-hydrogen) atoms. The van der Waals surface area contributed by atoms with Gasteiger partial charge in [0.25, 0.3) is 0 Å². The smallest absolute Gasteiger partial charge is 0.440 e. The molecular weight excluding hydrogens is 416 g/mol. The number of carbonyl (C=O) groups excluding carboxylic acids is 3. The molecule has 0 saturated carbocycles. The minimum Gasteiger partial charge on any atom is -0.494 e. The molecule has 0 aliphatic heterocycles. The lowest BCUT2D eigenvalue weighted by molar-refractivity contribution is -0.00675. The Labute approximate surface area is 190 Å². The normalized spacial score (nSPS) is 12.0. The van der Waals surface area contributed by atoms with Crippen molar-refractivity contribution in [2.24, 2.45) is 0 Å². The van der Waals surface area contributed by atoms with Gasteiger partial charge in [-0.15, -0.1) is 5.01 Å². The lowest BCUT2D eigenvalue weighted by Gasteiger charge is -2.36. The van der Waals surface area contributed by atoms with Crippen molar-refractivity contribution >= 4 is 24.0 Å². The fraction of sp³-hybridized carbons (Fsp3) is 0.609. The van der Waals surface area contributed by atoms with Gasteiger partial charge in [0, 0.05) is 0 Å². The van der Waals surface area contributed by atoms with Gasteiger partial charge in [0.2, 0.25) is 0 Å². The van der Waals surface area contributed by atoms with Crippen molar-refractivity contribution in [2.45, 2.75) is 86.0 Å². The van der Waals surface area contributed by atoms with Gasteiger partial charge in [-0.25, -0.2) is 14.4 Å². The van der Waals surface area contributed by atoms with Gasteiger partial charge in [-0.1, -0.05) is 6.07 Å². The molecule has 9 heteroatoms. The molecule has 1 aromatic rings. The van der Waals surface area contributed by atoms with E-state index in [1.54, 1.807) is 80.5 Å². The number of imide groups is 1. The lowest BCUT2D eigenvalue weighted by Crippen LogP contribution is -2.56. The zero-order chi connectivity index (χ0) is 25.1. The topological polar surface area (TPSA) is 94.6 Å². The van der Waals surface area contributed by atoms with E-state index in [4.69, 9.17) is 18.9 Å². The summed E-state index contributed by atoms with van der Waals surface area (Å²) in [6.07, 6.45) is -3.21. The number of aryl methyl sites for hydroxylation is 1.